The Morgan fingerprint density at radius 2 is 1.96 bits per heavy atom. The second-order valence-corrected chi connectivity index (χ2v) is 6.76. The van der Waals surface area contributed by atoms with Gasteiger partial charge >= 0.3 is 5.97 Å². The molecule has 2 fully saturated rings. The lowest BCUT2D eigenvalue weighted by Gasteiger charge is -2.46. The number of nitrogens with zero attached hydrogens (tertiary/aromatic N) is 1. The van der Waals surface area contributed by atoms with Gasteiger partial charge < -0.3 is 14.7 Å². The molecule has 0 spiro atoms. The van der Waals surface area contributed by atoms with E-state index in [9.17, 15) is 14.7 Å². The molecule has 2 bridgehead atoms. The zero-order valence-corrected chi connectivity index (χ0v) is 13.5. The predicted octanol–water partition coefficient (Wildman–Crippen LogP) is 2.96. The van der Waals surface area contributed by atoms with E-state index >= 15 is 0 Å². The molecule has 2 aliphatic rings. The number of carbonyl (C=O) groups excluding carboxylic acids is 1. The fourth-order valence-corrected chi connectivity index (χ4v) is 3.89. The van der Waals surface area contributed by atoms with Gasteiger partial charge in [-0.2, -0.15) is 0 Å². The molecular weight excluding hydrogens is 318 g/mol. The van der Waals surface area contributed by atoms with Crippen LogP contribution in [0, 0.1) is 5.92 Å². The molecule has 3 atom stereocenters. The Bertz CT molecular complexity index is 589. The number of likely N-dealkylation sites (tertiary alicyclic amines) is 1. The number of piperidine rings is 1. The van der Waals surface area contributed by atoms with Crippen LogP contribution in [0.4, 0.5) is 0 Å². The van der Waals surface area contributed by atoms with Crippen LogP contribution in [0.15, 0.2) is 24.3 Å². The zero-order valence-electron chi connectivity index (χ0n) is 12.8. The molecule has 1 saturated heterocycles. The summed E-state index contributed by atoms with van der Waals surface area (Å²) in [6.07, 6.45) is 4.48. The van der Waals surface area contributed by atoms with Crippen LogP contribution >= 0.6 is 11.6 Å². The Balaban J connectivity index is 1.68. The molecule has 3 unspecified atom stereocenters. The van der Waals surface area contributed by atoms with E-state index in [1.165, 1.54) is 0 Å². The standard InChI is InChI=1S/C17H20ClNO4/c18-12-4-6-14(7-5-12)23-10-16(20)19-13-3-1-2-11(8-13)9-15(19)17(21)22/h4-7,11,13,15H,1-3,8-10H2,(H,21,22). The number of carboxylic acids is 1. The van der Waals surface area contributed by atoms with Crippen molar-refractivity contribution in [2.45, 2.75) is 44.2 Å². The van der Waals surface area contributed by atoms with E-state index < -0.39 is 12.0 Å². The first kappa shape index (κ1) is 16.1. The quantitative estimate of drug-likeness (QED) is 0.917. The third-order valence-corrected chi connectivity index (χ3v) is 5.04. The highest BCUT2D eigenvalue weighted by Gasteiger charge is 2.43. The first-order valence-corrected chi connectivity index (χ1v) is 8.34. The van der Waals surface area contributed by atoms with E-state index in [0.29, 0.717) is 23.1 Å². The van der Waals surface area contributed by atoms with Gasteiger partial charge in [0.25, 0.3) is 5.91 Å². The maximum atomic E-state index is 12.6. The minimum Gasteiger partial charge on any atom is -0.484 e. The smallest absolute Gasteiger partial charge is 0.326 e. The Kier molecular flexibility index (Phi) is 4.76. The number of benzene rings is 1. The van der Waals surface area contributed by atoms with Gasteiger partial charge in [0.15, 0.2) is 6.61 Å². The number of fused-ring (bicyclic) bond motifs is 2. The van der Waals surface area contributed by atoms with Gasteiger partial charge in [-0.15, -0.1) is 0 Å². The number of rotatable bonds is 4. The van der Waals surface area contributed by atoms with Crippen molar-refractivity contribution in [3.63, 3.8) is 0 Å². The number of amides is 1. The van der Waals surface area contributed by atoms with Crippen LogP contribution in [0.1, 0.15) is 32.1 Å². The second-order valence-electron chi connectivity index (χ2n) is 6.32. The minimum atomic E-state index is -0.915. The molecule has 3 rings (SSSR count). The van der Waals surface area contributed by atoms with Crippen LogP contribution in [-0.4, -0.2) is 40.6 Å². The van der Waals surface area contributed by atoms with Crippen LogP contribution in [-0.2, 0) is 9.59 Å². The van der Waals surface area contributed by atoms with Gasteiger partial charge in [0.05, 0.1) is 0 Å². The molecule has 23 heavy (non-hydrogen) atoms. The normalized spacial score (nSPS) is 26.7. The number of aliphatic carboxylic acids is 1. The van der Waals surface area contributed by atoms with Crippen molar-refractivity contribution in [3.8, 4) is 5.75 Å². The molecule has 1 aliphatic carbocycles. The number of halogens is 1. The molecule has 124 valence electrons. The molecule has 1 heterocycles. The summed E-state index contributed by atoms with van der Waals surface area (Å²) in [7, 11) is 0. The maximum absolute atomic E-state index is 12.6. The molecule has 0 aromatic heterocycles. The Morgan fingerprint density at radius 1 is 1.22 bits per heavy atom. The molecule has 6 heteroatoms. The van der Waals surface area contributed by atoms with Crippen molar-refractivity contribution in [1.82, 2.24) is 4.90 Å². The lowest BCUT2D eigenvalue weighted by Crippen LogP contribution is -2.57. The number of hydrogen-bond donors (Lipinski definition) is 1. The summed E-state index contributed by atoms with van der Waals surface area (Å²) in [5, 5.41) is 10.1. The van der Waals surface area contributed by atoms with E-state index in [1.54, 1.807) is 29.2 Å². The molecule has 1 saturated carbocycles. The Hall–Kier alpha value is -1.75. The van der Waals surface area contributed by atoms with Crippen molar-refractivity contribution in [3.05, 3.63) is 29.3 Å². The van der Waals surface area contributed by atoms with E-state index in [2.05, 4.69) is 0 Å². The van der Waals surface area contributed by atoms with Crippen LogP contribution in [0.2, 0.25) is 5.02 Å². The number of carbonyl (C=O) groups is 2. The van der Waals surface area contributed by atoms with E-state index in [0.717, 1.165) is 25.7 Å². The third kappa shape index (κ3) is 3.61. The fourth-order valence-electron chi connectivity index (χ4n) is 3.76. The summed E-state index contributed by atoms with van der Waals surface area (Å²) < 4.78 is 5.50. The Morgan fingerprint density at radius 3 is 2.65 bits per heavy atom. The lowest BCUT2D eigenvalue weighted by atomic mass is 9.76. The van der Waals surface area contributed by atoms with Gasteiger partial charge in [-0.1, -0.05) is 24.4 Å². The van der Waals surface area contributed by atoms with Gasteiger partial charge in [0, 0.05) is 11.1 Å². The summed E-state index contributed by atoms with van der Waals surface area (Å²) in [6.45, 7) is -0.146. The number of carboxylic acid groups (broad SMARTS) is 1. The molecule has 1 aliphatic heterocycles. The molecular formula is C17H20ClNO4. The van der Waals surface area contributed by atoms with Crippen molar-refractivity contribution >= 4 is 23.5 Å². The summed E-state index contributed by atoms with van der Waals surface area (Å²) in [4.78, 5) is 25.7. The van der Waals surface area contributed by atoms with Crippen molar-refractivity contribution in [2.24, 2.45) is 5.92 Å². The molecule has 1 amide bonds. The van der Waals surface area contributed by atoms with Gasteiger partial charge in [-0.25, -0.2) is 4.79 Å². The topological polar surface area (TPSA) is 66.8 Å². The van der Waals surface area contributed by atoms with Crippen LogP contribution in [0.25, 0.3) is 0 Å². The summed E-state index contributed by atoms with van der Waals surface area (Å²) in [5.74, 6) is -0.191. The largest absolute Gasteiger partial charge is 0.484 e. The van der Waals surface area contributed by atoms with E-state index in [1.807, 2.05) is 0 Å². The van der Waals surface area contributed by atoms with Gasteiger partial charge in [-0.3, -0.25) is 4.79 Å². The van der Waals surface area contributed by atoms with Crippen LogP contribution in [0.3, 0.4) is 0 Å². The van der Waals surface area contributed by atoms with Crippen LogP contribution in [0.5, 0.6) is 5.75 Å². The first-order valence-electron chi connectivity index (χ1n) is 7.97. The highest BCUT2D eigenvalue weighted by Crippen LogP contribution is 2.38. The Labute approximate surface area is 140 Å². The van der Waals surface area contributed by atoms with Gasteiger partial charge in [-0.05, 0) is 49.4 Å². The first-order chi connectivity index (χ1) is 11.0. The van der Waals surface area contributed by atoms with Crippen LogP contribution < -0.4 is 4.74 Å². The summed E-state index contributed by atoms with van der Waals surface area (Å²) in [6, 6.07) is 6.07. The number of hydrogen-bond acceptors (Lipinski definition) is 3. The van der Waals surface area contributed by atoms with E-state index in [4.69, 9.17) is 16.3 Å². The van der Waals surface area contributed by atoms with Crippen molar-refractivity contribution in [2.75, 3.05) is 6.61 Å². The molecule has 1 aromatic carbocycles. The summed E-state index contributed by atoms with van der Waals surface area (Å²) in [5.41, 5.74) is 0. The number of ether oxygens (including phenoxy) is 1. The third-order valence-electron chi connectivity index (χ3n) is 4.79. The molecule has 1 N–H and O–H groups in total. The average Bonchev–Trinajstić information content (AvgIpc) is 2.53. The highest BCUT2D eigenvalue weighted by atomic mass is 35.5. The summed E-state index contributed by atoms with van der Waals surface area (Å²) >= 11 is 5.81. The zero-order chi connectivity index (χ0) is 16.4. The minimum absolute atomic E-state index is 0.0323. The fraction of sp³-hybridized carbons (Fsp3) is 0.529. The molecule has 1 aromatic rings. The average molecular weight is 338 g/mol. The molecule has 5 nitrogen and oxygen atoms in total. The van der Waals surface area contributed by atoms with Gasteiger partial charge in [0.1, 0.15) is 11.8 Å². The maximum Gasteiger partial charge on any atom is 0.326 e. The van der Waals surface area contributed by atoms with E-state index in [-0.39, 0.29) is 18.6 Å². The highest BCUT2D eigenvalue weighted by molar-refractivity contribution is 6.30. The second kappa shape index (κ2) is 6.79. The van der Waals surface area contributed by atoms with Gasteiger partial charge in [0.2, 0.25) is 0 Å². The molecule has 0 radical (unpaired) electrons. The predicted molar refractivity (Wildman–Crippen MR) is 85.6 cm³/mol. The van der Waals surface area contributed by atoms with Crippen molar-refractivity contribution < 1.29 is 19.4 Å². The van der Waals surface area contributed by atoms with Crippen molar-refractivity contribution in [1.29, 1.82) is 0 Å². The SMILES string of the molecule is O=C(O)C1CC2CCCC(C2)N1C(=O)COc1ccc(Cl)cc1. The monoisotopic (exact) mass is 337 g/mol. The lowest BCUT2D eigenvalue weighted by molar-refractivity contribution is -0.159.